The summed E-state index contributed by atoms with van der Waals surface area (Å²) >= 11 is 1.89. The normalized spacial score (nSPS) is 14.3. The zero-order chi connectivity index (χ0) is 36.0. The van der Waals surface area contributed by atoms with E-state index < -0.39 is 0 Å². The van der Waals surface area contributed by atoms with Gasteiger partial charge in [-0.15, -0.1) is 11.3 Å². The minimum atomic E-state index is -0.0972. The molecule has 0 amide bonds. The van der Waals surface area contributed by atoms with Crippen LogP contribution in [0.3, 0.4) is 0 Å². The summed E-state index contributed by atoms with van der Waals surface area (Å²) in [5.41, 5.74) is 12.4. The van der Waals surface area contributed by atoms with Gasteiger partial charge in [0.2, 0.25) is 0 Å². The molecule has 55 heavy (non-hydrogen) atoms. The van der Waals surface area contributed by atoms with Gasteiger partial charge in [0.05, 0.1) is 49.9 Å². The average molecular weight is 721 g/mol. The fourth-order valence-corrected chi connectivity index (χ4v) is 10.1. The van der Waals surface area contributed by atoms with Crippen LogP contribution in [0.1, 0.15) is 17.2 Å². The van der Waals surface area contributed by atoms with Crippen molar-refractivity contribution in [3.8, 4) is 11.4 Å². The Morgan fingerprint density at radius 3 is 1.98 bits per heavy atom. The molecule has 3 aromatic heterocycles. The van der Waals surface area contributed by atoms with Crippen molar-refractivity contribution in [3.05, 3.63) is 193 Å². The van der Waals surface area contributed by atoms with E-state index in [0.717, 1.165) is 34.0 Å². The molecule has 1 unspecified atom stereocenters. The minimum Gasteiger partial charge on any atom is -0.371 e. The van der Waals surface area contributed by atoms with E-state index >= 15 is 0 Å². The molecule has 0 radical (unpaired) electrons. The molecule has 1 aliphatic heterocycles. The van der Waals surface area contributed by atoms with Crippen molar-refractivity contribution in [2.45, 2.75) is 6.04 Å². The number of benzene rings is 8. The lowest BCUT2D eigenvalue weighted by Crippen LogP contribution is -2.24. The van der Waals surface area contributed by atoms with Crippen molar-refractivity contribution >= 4 is 92.2 Å². The number of fused-ring (bicyclic) bond motifs is 11. The Balaban J connectivity index is 1.12. The Labute approximate surface area is 320 Å². The molecule has 0 saturated carbocycles. The zero-order valence-corrected chi connectivity index (χ0v) is 30.5. The van der Waals surface area contributed by atoms with E-state index in [4.69, 9.17) is 4.99 Å². The number of rotatable bonds is 4. The van der Waals surface area contributed by atoms with E-state index in [0.29, 0.717) is 0 Å². The van der Waals surface area contributed by atoms with E-state index in [-0.39, 0.29) is 6.04 Å². The van der Waals surface area contributed by atoms with E-state index in [1.54, 1.807) is 0 Å². The summed E-state index contributed by atoms with van der Waals surface area (Å²) in [6, 6.07) is 65.8. The number of nitrogens with zero attached hydrogens (tertiary/aromatic N) is 3. The first kappa shape index (κ1) is 30.5. The molecule has 0 bridgehead atoms. The highest BCUT2D eigenvalue weighted by Gasteiger charge is 2.26. The lowest BCUT2D eigenvalue weighted by molar-refractivity contribution is 1.01. The second kappa shape index (κ2) is 11.8. The van der Waals surface area contributed by atoms with Crippen LogP contribution in [0.25, 0.3) is 75.2 Å². The molecule has 1 aliphatic rings. The second-order valence-electron chi connectivity index (χ2n) is 14.4. The first-order valence-corrected chi connectivity index (χ1v) is 19.6. The number of aliphatic imine (C=N–C) groups is 1. The van der Waals surface area contributed by atoms with Gasteiger partial charge in [0.15, 0.2) is 0 Å². The van der Waals surface area contributed by atoms with Crippen LogP contribution in [0, 0.1) is 0 Å². The van der Waals surface area contributed by atoms with E-state index in [1.807, 2.05) is 17.4 Å². The number of hydrogen-bond acceptors (Lipinski definition) is 3. The fourth-order valence-electron chi connectivity index (χ4n) is 8.87. The molecule has 5 heteroatoms. The highest BCUT2D eigenvalue weighted by atomic mass is 32.1. The summed E-state index contributed by atoms with van der Waals surface area (Å²) in [6.07, 6.45) is 0. The molecule has 1 atom stereocenters. The smallest absolute Gasteiger partial charge is 0.0947 e. The Hall–Kier alpha value is -6.95. The maximum Gasteiger partial charge on any atom is 0.0947 e. The van der Waals surface area contributed by atoms with Gasteiger partial charge in [0, 0.05) is 48.4 Å². The van der Waals surface area contributed by atoms with Crippen LogP contribution in [-0.4, -0.2) is 14.8 Å². The van der Waals surface area contributed by atoms with Gasteiger partial charge >= 0.3 is 0 Å². The van der Waals surface area contributed by atoms with Gasteiger partial charge in [-0.1, -0.05) is 121 Å². The quantitative estimate of drug-likeness (QED) is 0.193. The van der Waals surface area contributed by atoms with Gasteiger partial charge in [0.1, 0.15) is 0 Å². The van der Waals surface area contributed by atoms with Crippen molar-refractivity contribution in [2.75, 3.05) is 5.32 Å². The number of thiophene rings is 1. The largest absolute Gasteiger partial charge is 0.371 e. The number of para-hydroxylation sites is 4. The summed E-state index contributed by atoms with van der Waals surface area (Å²) < 4.78 is 7.54. The molecule has 0 saturated heterocycles. The van der Waals surface area contributed by atoms with Crippen LogP contribution >= 0.6 is 11.3 Å². The SMILES string of the molecule is c1ccc(C2=Nc3ccccc3NC2c2ccc(-n3c4cc5c(cc4c4ccc6c7ccccc7sc6c43)c3ccccc3n5-c3ccccc3)cc2)cc1. The summed E-state index contributed by atoms with van der Waals surface area (Å²) in [5, 5.41) is 11.5. The third-order valence-electron chi connectivity index (χ3n) is 11.4. The standard InChI is InChI=1S/C50H32N4S/c1-3-13-31(14-4-1)47-48(52-42-20-10-9-19-41(42)51-47)32-23-25-34(26-24-32)54-45-30-44-39(35-17-7-11-21-43(35)53(44)33-15-5-2-6-16-33)29-40(45)37-27-28-38-36-18-8-12-22-46(36)55-50(38)49(37)54/h1-30,48,52H. The summed E-state index contributed by atoms with van der Waals surface area (Å²) in [7, 11) is 0. The molecular weight excluding hydrogens is 689 g/mol. The predicted molar refractivity (Wildman–Crippen MR) is 233 cm³/mol. The monoisotopic (exact) mass is 720 g/mol. The van der Waals surface area contributed by atoms with Crippen LogP contribution in [0.5, 0.6) is 0 Å². The van der Waals surface area contributed by atoms with Crippen molar-refractivity contribution in [1.82, 2.24) is 9.13 Å². The first-order chi connectivity index (χ1) is 27.3. The predicted octanol–water partition coefficient (Wildman–Crippen LogP) is 13.5. The highest BCUT2D eigenvalue weighted by molar-refractivity contribution is 7.26. The number of nitrogens with one attached hydrogen (secondary N) is 1. The van der Waals surface area contributed by atoms with Crippen LogP contribution in [-0.2, 0) is 0 Å². The second-order valence-corrected chi connectivity index (χ2v) is 15.4. The molecule has 4 nitrogen and oxygen atoms in total. The third kappa shape index (κ3) is 4.54. The van der Waals surface area contributed by atoms with Crippen molar-refractivity contribution < 1.29 is 0 Å². The van der Waals surface area contributed by atoms with E-state index in [2.05, 4.69) is 190 Å². The Morgan fingerprint density at radius 1 is 0.473 bits per heavy atom. The third-order valence-corrected chi connectivity index (χ3v) is 12.5. The van der Waals surface area contributed by atoms with Gasteiger partial charge < -0.3 is 14.5 Å². The maximum absolute atomic E-state index is 5.21. The molecule has 0 aliphatic carbocycles. The van der Waals surface area contributed by atoms with Crippen molar-refractivity contribution in [1.29, 1.82) is 0 Å². The molecule has 0 spiro atoms. The van der Waals surface area contributed by atoms with Crippen LogP contribution < -0.4 is 5.32 Å². The molecule has 4 heterocycles. The van der Waals surface area contributed by atoms with Gasteiger partial charge in [0.25, 0.3) is 0 Å². The van der Waals surface area contributed by atoms with E-state index in [9.17, 15) is 0 Å². The number of aromatic nitrogens is 2. The van der Waals surface area contributed by atoms with Gasteiger partial charge in [-0.25, -0.2) is 4.99 Å². The fraction of sp³-hybridized carbons (Fsp3) is 0.0200. The zero-order valence-electron chi connectivity index (χ0n) is 29.6. The summed E-state index contributed by atoms with van der Waals surface area (Å²) in [5.74, 6) is 0. The lowest BCUT2D eigenvalue weighted by Gasteiger charge is -2.28. The molecule has 1 N–H and O–H groups in total. The van der Waals surface area contributed by atoms with Crippen LogP contribution in [0.4, 0.5) is 11.4 Å². The van der Waals surface area contributed by atoms with Crippen LogP contribution in [0.15, 0.2) is 187 Å². The van der Waals surface area contributed by atoms with Gasteiger partial charge in [-0.05, 0) is 71.8 Å². The Kier molecular flexibility index (Phi) is 6.53. The van der Waals surface area contributed by atoms with E-state index in [1.165, 1.54) is 69.3 Å². The number of anilines is 1. The molecular formula is C50H32N4S. The van der Waals surface area contributed by atoms with Crippen molar-refractivity contribution in [3.63, 3.8) is 0 Å². The Morgan fingerprint density at radius 2 is 1.13 bits per heavy atom. The topological polar surface area (TPSA) is 34.2 Å². The molecule has 0 fully saturated rings. The average Bonchev–Trinajstić information content (AvgIpc) is 3.90. The highest BCUT2D eigenvalue weighted by Crippen LogP contribution is 2.45. The summed E-state index contributed by atoms with van der Waals surface area (Å²) in [4.78, 5) is 5.21. The molecule has 258 valence electrons. The van der Waals surface area contributed by atoms with Crippen LogP contribution in [0.2, 0.25) is 0 Å². The van der Waals surface area contributed by atoms with Gasteiger partial charge in [-0.2, -0.15) is 0 Å². The molecule has 12 rings (SSSR count). The number of hydrogen-bond donors (Lipinski definition) is 1. The maximum atomic E-state index is 5.21. The molecule has 11 aromatic rings. The van der Waals surface area contributed by atoms with Gasteiger partial charge in [-0.3, -0.25) is 0 Å². The Bertz CT molecular complexity index is 3330. The molecule has 8 aromatic carbocycles. The summed E-state index contributed by atoms with van der Waals surface area (Å²) in [6.45, 7) is 0. The minimum absolute atomic E-state index is 0.0972. The van der Waals surface area contributed by atoms with Crippen molar-refractivity contribution in [2.24, 2.45) is 4.99 Å². The first-order valence-electron chi connectivity index (χ1n) is 18.8. The lowest BCUT2D eigenvalue weighted by atomic mass is 9.94.